The highest BCUT2D eigenvalue weighted by Crippen LogP contribution is 2.64. The van der Waals surface area contributed by atoms with E-state index in [-0.39, 0.29) is 41.9 Å². The summed E-state index contributed by atoms with van der Waals surface area (Å²) in [6.45, 7) is 7.57. The highest BCUT2D eigenvalue weighted by molar-refractivity contribution is 6.68. The number of ketones is 1. The van der Waals surface area contributed by atoms with Gasteiger partial charge in [-0.05, 0) is 72.5 Å². The average Bonchev–Trinajstić information content (AvgIpc) is 2.57. The maximum absolute atomic E-state index is 15.9. The number of aliphatic hydroxyl groups excluding tert-OH is 1. The van der Waals surface area contributed by atoms with Crippen LogP contribution in [0.25, 0.3) is 0 Å². The summed E-state index contributed by atoms with van der Waals surface area (Å²) in [6.07, 6.45) is -8.39. The van der Waals surface area contributed by atoms with Crippen molar-refractivity contribution in [1.82, 2.24) is 5.32 Å². The molecule has 2 bridgehead atoms. The first-order valence-electron chi connectivity index (χ1n) is 27.2. The Morgan fingerprint density at radius 1 is 0.775 bits per heavy atom. The molecule has 0 aromatic heterocycles. The Labute approximate surface area is 465 Å². The Morgan fingerprint density at radius 2 is 1.38 bits per heavy atom. The molecule has 0 radical (unpaired) electrons. The average molecular weight is 1120 g/mol. The molecule has 2 saturated heterocycles. The van der Waals surface area contributed by atoms with Gasteiger partial charge in [-0.15, -0.1) is 0 Å². The number of hydrogen-bond donors (Lipinski definition) is 3. The molecule has 19 heteroatoms. The molecule has 18 nitrogen and oxygen atoms in total. The van der Waals surface area contributed by atoms with Crippen molar-refractivity contribution in [3.63, 3.8) is 0 Å². The van der Waals surface area contributed by atoms with E-state index in [2.05, 4.69) is 5.32 Å². The first-order chi connectivity index (χ1) is 38.1. The summed E-state index contributed by atoms with van der Waals surface area (Å²) >= 11 is 0. The van der Waals surface area contributed by atoms with Crippen molar-refractivity contribution in [2.45, 2.75) is 146 Å². The molecule has 9 rings (SSSR count). The molecule has 1 unspecified atom stereocenters. The SMILES string of the molecule is CC(=O)O[C@H]1C(=O)[C@@]2(C)C([C@H](OC(=O)c3ccccc3)[C@]3(O)C[C@H](OC(=O)[C@H](O[Si]4(OCC(=O)OCc5ccccc5)CCCCC4)[C@@H](NC(=O)c4ccccc4)c4ccccc4)C(C)=C1C3(C)C)[C@]1(OC(C)=O)CO[C@@H]1C[C@@H]2O. The summed E-state index contributed by atoms with van der Waals surface area (Å²) in [4.78, 5) is 101. The second-order valence-corrected chi connectivity index (χ2v) is 25.7. The Morgan fingerprint density at radius 3 is 1.96 bits per heavy atom. The van der Waals surface area contributed by atoms with E-state index in [1.54, 1.807) is 99.6 Å². The molecule has 3 N–H and O–H groups in total. The minimum absolute atomic E-state index is 0.00432. The standard InChI is InChI=1S/C61H69NO17Si/c1-37-44(33-61(71)54(77-56(69)43-28-18-10-19-29-43)52-59(6,45(65)32-46-60(52,36-73-46)78-39(3)64)53(67)50(75-38(2)63)48(37)58(61,4)5)76-57(70)51(49(41-24-14-8-15-25-41)62-55(68)42-26-16-9-17-27-42)79-80(30-20-11-21-31-80)74-35-47(66)72-34-40-22-12-7-13-23-40/h7-10,12-19,22-29,44-46,49-52,54,65,71H,11,20-21,30-36H2,1-6H3,(H,62,68)/t44-,45-,46+,49-,50+,51+,52?,54-,59+,60-,61+/m0/s1. The van der Waals surface area contributed by atoms with E-state index in [1.807, 2.05) is 30.3 Å². The Kier molecular flexibility index (Phi) is 16.8. The molecule has 11 atom stereocenters. The molecule has 4 aromatic carbocycles. The van der Waals surface area contributed by atoms with Crippen LogP contribution in [0.1, 0.15) is 112 Å². The number of aliphatic hydroxyl groups is 2. The van der Waals surface area contributed by atoms with E-state index < -0.39 is 134 Å². The lowest BCUT2D eigenvalue weighted by atomic mass is 9.44. The lowest BCUT2D eigenvalue weighted by Crippen LogP contribution is -2.82. The van der Waals surface area contributed by atoms with Crippen LogP contribution in [0.5, 0.6) is 0 Å². The van der Waals surface area contributed by atoms with Gasteiger partial charge >= 0.3 is 38.4 Å². The smallest absolute Gasteiger partial charge is 0.339 e. The molecular formula is C61H69NO17Si. The van der Waals surface area contributed by atoms with E-state index in [4.69, 9.17) is 37.3 Å². The number of nitrogens with one attached hydrogen (secondary N) is 1. The highest BCUT2D eigenvalue weighted by atomic mass is 28.4. The lowest BCUT2D eigenvalue weighted by Gasteiger charge is -2.67. The van der Waals surface area contributed by atoms with Gasteiger partial charge in [0.2, 0.25) is 0 Å². The Hall–Kier alpha value is -6.87. The normalized spacial score (nSPS) is 29.0. The van der Waals surface area contributed by atoms with Crippen molar-refractivity contribution in [3.05, 3.63) is 155 Å². The summed E-state index contributed by atoms with van der Waals surface area (Å²) in [5, 5.41) is 29.6. The fourth-order valence-electron chi connectivity index (χ4n) is 12.9. The monoisotopic (exact) mass is 1120 g/mol. The van der Waals surface area contributed by atoms with Gasteiger partial charge in [0.15, 0.2) is 23.6 Å². The molecule has 2 aliphatic heterocycles. The zero-order valence-corrected chi connectivity index (χ0v) is 46.8. The maximum atomic E-state index is 15.9. The van der Waals surface area contributed by atoms with Gasteiger partial charge < -0.3 is 52.8 Å². The Balaban J connectivity index is 1.18. The van der Waals surface area contributed by atoms with Crippen molar-refractivity contribution in [1.29, 1.82) is 0 Å². The molecule has 0 spiro atoms. The quantitative estimate of drug-likeness (QED) is 0.0411. The Bertz CT molecular complexity index is 2990. The van der Waals surface area contributed by atoms with Crippen molar-refractivity contribution >= 4 is 50.1 Å². The van der Waals surface area contributed by atoms with Crippen molar-refractivity contribution in [2.24, 2.45) is 16.7 Å². The lowest BCUT2D eigenvalue weighted by molar-refractivity contribution is -0.346. The minimum atomic E-state index is -3.68. The van der Waals surface area contributed by atoms with Gasteiger partial charge in [0, 0.05) is 37.7 Å². The van der Waals surface area contributed by atoms with Gasteiger partial charge in [0.05, 0.1) is 35.6 Å². The summed E-state index contributed by atoms with van der Waals surface area (Å²) in [5.74, 6) is -7.39. The van der Waals surface area contributed by atoms with E-state index >= 15 is 9.59 Å². The van der Waals surface area contributed by atoms with E-state index in [9.17, 15) is 34.2 Å². The molecule has 2 saturated carbocycles. The zero-order chi connectivity index (χ0) is 57.2. The highest BCUT2D eigenvalue weighted by Gasteiger charge is 2.78. The molecule has 80 heavy (non-hydrogen) atoms. The van der Waals surface area contributed by atoms with E-state index in [0.29, 0.717) is 30.5 Å². The number of rotatable bonds is 17. The number of ether oxygens (including phenoxy) is 6. The number of fused-ring (bicyclic) bond motifs is 5. The van der Waals surface area contributed by atoms with Gasteiger partial charge in [-0.2, -0.15) is 0 Å². The van der Waals surface area contributed by atoms with Crippen LogP contribution in [0.4, 0.5) is 0 Å². The molecule has 1 amide bonds. The first kappa shape index (κ1) is 57.8. The third-order valence-corrected chi connectivity index (χ3v) is 20.7. The number of carbonyl (C=O) groups excluding carboxylic acids is 7. The van der Waals surface area contributed by atoms with Crippen LogP contribution < -0.4 is 5.32 Å². The fourth-order valence-corrected chi connectivity index (χ4v) is 16.4. The van der Waals surface area contributed by atoms with Crippen LogP contribution in [-0.4, -0.2) is 121 Å². The van der Waals surface area contributed by atoms with Crippen LogP contribution in [0.2, 0.25) is 12.1 Å². The molecule has 5 aliphatic rings. The largest absolute Gasteiger partial charge is 0.459 e. The van der Waals surface area contributed by atoms with Crippen LogP contribution >= 0.6 is 0 Å². The predicted octanol–water partition coefficient (Wildman–Crippen LogP) is 7.15. The van der Waals surface area contributed by atoms with Crippen LogP contribution in [-0.2, 0) is 67.9 Å². The van der Waals surface area contributed by atoms with Crippen molar-refractivity contribution in [2.75, 3.05) is 13.2 Å². The maximum Gasteiger partial charge on any atom is 0.339 e. The van der Waals surface area contributed by atoms with E-state index in [0.717, 1.165) is 25.8 Å². The number of esters is 5. The predicted molar refractivity (Wildman–Crippen MR) is 288 cm³/mol. The summed E-state index contributed by atoms with van der Waals surface area (Å²) < 4.78 is 50.8. The van der Waals surface area contributed by atoms with Gasteiger partial charge in [-0.1, -0.05) is 130 Å². The molecule has 424 valence electrons. The topological polar surface area (TPSA) is 246 Å². The van der Waals surface area contributed by atoms with Gasteiger partial charge in [-0.3, -0.25) is 19.2 Å². The molecule has 2 heterocycles. The summed E-state index contributed by atoms with van der Waals surface area (Å²) in [6, 6.07) is 33.4. The van der Waals surface area contributed by atoms with Crippen molar-refractivity contribution in [3.8, 4) is 0 Å². The minimum Gasteiger partial charge on any atom is -0.459 e. The van der Waals surface area contributed by atoms with E-state index in [1.165, 1.54) is 19.1 Å². The molecular weight excluding hydrogens is 1050 g/mol. The summed E-state index contributed by atoms with van der Waals surface area (Å²) in [7, 11) is -3.68. The molecule has 4 fully saturated rings. The first-order valence-corrected chi connectivity index (χ1v) is 29.4. The van der Waals surface area contributed by atoms with Crippen molar-refractivity contribution < 1.29 is 81.0 Å². The molecule has 4 aromatic rings. The fraction of sp³-hybridized carbons (Fsp3) is 0.459. The van der Waals surface area contributed by atoms with Crippen LogP contribution in [0.15, 0.2) is 132 Å². The van der Waals surface area contributed by atoms with Crippen LogP contribution in [0, 0.1) is 16.7 Å². The summed E-state index contributed by atoms with van der Waals surface area (Å²) in [5.41, 5.74) is -6.39. The number of hydrogen-bond acceptors (Lipinski definition) is 17. The third-order valence-electron chi connectivity index (χ3n) is 17.1. The van der Waals surface area contributed by atoms with Gasteiger partial charge in [0.25, 0.3) is 5.91 Å². The van der Waals surface area contributed by atoms with Gasteiger partial charge in [0.1, 0.15) is 37.1 Å². The number of amides is 1. The van der Waals surface area contributed by atoms with Crippen LogP contribution in [0.3, 0.4) is 0 Å². The number of Topliss-reactive ketones (excluding diaryl/α,β-unsaturated/α-hetero) is 1. The molecule has 3 aliphatic carbocycles. The second kappa shape index (κ2) is 23.3. The number of carbonyl (C=O) groups is 7. The third kappa shape index (κ3) is 11.0. The zero-order valence-electron chi connectivity index (χ0n) is 45.8. The number of benzene rings is 4. The van der Waals surface area contributed by atoms with Gasteiger partial charge in [-0.25, -0.2) is 14.4 Å². The second-order valence-electron chi connectivity index (χ2n) is 22.4.